The fourth-order valence-electron chi connectivity index (χ4n) is 2.31. The number of unbranched alkanes of at least 4 members (excludes halogenated alkanes) is 5. The van der Waals surface area contributed by atoms with Gasteiger partial charge in [0.15, 0.2) is 6.29 Å². The molecule has 0 radical (unpaired) electrons. The summed E-state index contributed by atoms with van der Waals surface area (Å²) in [4.78, 5) is 0. The molecule has 0 spiro atoms. The van der Waals surface area contributed by atoms with E-state index in [1.165, 1.54) is 32.1 Å². The van der Waals surface area contributed by atoms with Crippen molar-refractivity contribution in [2.75, 3.05) is 21.3 Å². The standard InChI is InChI=1S/C16H36O4Si/c1-8-9-10-11-12-13-14-21(18-6,19-7)20-15(17-5)16(2,3)4/h15H,8-14H2,1-7H3. The second-order valence-electron chi connectivity index (χ2n) is 6.66. The molecule has 0 bridgehead atoms. The zero-order valence-corrected chi connectivity index (χ0v) is 16.2. The van der Waals surface area contributed by atoms with Crippen molar-refractivity contribution in [2.24, 2.45) is 5.41 Å². The van der Waals surface area contributed by atoms with Crippen LogP contribution in [0.15, 0.2) is 0 Å². The van der Waals surface area contributed by atoms with Crippen LogP contribution in [0.2, 0.25) is 6.04 Å². The third-order valence-electron chi connectivity index (χ3n) is 3.67. The molecule has 0 aliphatic rings. The summed E-state index contributed by atoms with van der Waals surface area (Å²) in [5, 5.41) is 0. The van der Waals surface area contributed by atoms with Crippen LogP contribution >= 0.6 is 0 Å². The summed E-state index contributed by atoms with van der Waals surface area (Å²) in [7, 11) is 2.41. The van der Waals surface area contributed by atoms with Gasteiger partial charge in [0, 0.05) is 32.8 Å². The van der Waals surface area contributed by atoms with Crippen molar-refractivity contribution >= 4 is 8.80 Å². The number of methoxy groups -OCH3 is 1. The molecule has 128 valence electrons. The first kappa shape index (κ1) is 21.1. The largest absolute Gasteiger partial charge is 0.502 e. The molecule has 0 aromatic carbocycles. The monoisotopic (exact) mass is 320 g/mol. The van der Waals surface area contributed by atoms with E-state index in [0.29, 0.717) is 0 Å². The molecule has 0 N–H and O–H groups in total. The van der Waals surface area contributed by atoms with E-state index < -0.39 is 8.80 Å². The van der Waals surface area contributed by atoms with Crippen molar-refractivity contribution in [1.29, 1.82) is 0 Å². The summed E-state index contributed by atoms with van der Waals surface area (Å²) < 4.78 is 22.9. The lowest BCUT2D eigenvalue weighted by Gasteiger charge is -2.36. The molecule has 0 amide bonds. The van der Waals surface area contributed by atoms with Gasteiger partial charge in [-0.1, -0.05) is 59.8 Å². The highest BCUT2D eigenvalue weighted by Crippen LogP contribution is 2.29. The lowest BCUT2D eigenvalue weighted by Crippen LogP contribution is -2.50. The van der Waals surface area contributed by atoms with Gasteiger partial charge in [0.25, 0.3) is 0 Å². The van der Waals surface area contributed by atoms with Crippen molar-refractivity contribution in [1.82, 2.24) is 0 Å². The van der Waals surface area contributed by atoms with Gasteiger partial charge in [-0.3, -0.25) is 0 Å². The Balaban J connectivity index is 4.41. The average molecular weight is 321 g/mol. The minimum Gasteiger partial charge on any atom is -0.377 e. The third kappa shape index (κ3) is 8.31. The second-order valence-corrected chi connectivity index (χ2v) is 9.58. The molecule has 4 nitrogen and oxygen atoms in total. The Labute approximate surface area is 132 Å². The van der Waals surface area contributed by atoms with Crippen LogP contribution in [-0.2, 0) is 18.0 Å². The molecular formula is C16H36O4Si. The molecular weight excluding hydrogens is 284 g/mol. The van der Waals surface area contributed by atoms with Crippen LogP contribution in [-0.4, -0.2) is 36.4 Å². The Morgan fingerprint density at radius 3 is 1.81 bits per heavy atom. The van der Waals surface area contributed by atoms with Gasteiger partial charge in [-0.2, -0.15) is 0 Å². The van der Waals surface area contributed by atoms with Crippen LogP contribution in [0.25, 0.3) is 0 Å². The summed E-state index contributed by atoms with van der Waals surface area (Å²) in [5.74, 6) is 0. The summed E-state index contributed by atoms with van der Waals surface area (Å²) in [6.45, 7) is 8.52. The topological polar surface area (TPSA) is 36.9 Å². The SMILES string of the molecule is CCCCCCCC[Si](OC)(OC)OC(OC)C(C)(C)C. The first-order chi connectivity index (χ1) is 9.85. The molecule has 5 heteroatoms. The van der Waals surface area contributed by atoms with Crippen LogP contribution in [0.3, 0.4) is 0 Å². The van der Waals surface area contributed by atoms with Crippen molar-refractivity contribution < 1.29 is 18.0 Å². The first-order valence-electron chi connectivity index (χ1n) is 8.16. The molecule has 21 heavy (non-hydrogen) atoms. The molecule has 0 rings (SSSR count). The molecule has 0 heterocycles. The smallest absolute Gasteiger partial charge is 0.377 e. The normalized spacial score (nSPS) is 14.4. The molecule has 0 fully saturated rings. The zero-order chi connectivity index (χ0) is 16.4. The maximum Gasteiger partial charge on any atom is 0.502 e. The van der Waals surface area contributed by atoms with Crippen molar-refractivity contribution in [2.45, 2.75) is 78.6 Å². The van der Waals surface area contributed by atoms with Gasteiger partial charge in [0.1, 0.15) is 0 Å². The fourth-order valence-corrected chi connectivity index (χ4v) is 4.65. The predicted octanol–water partition coefficient (Wildman–Crippen LogP) is 4.61. The van der Waals surface area contributed by atoms with Gasteiger partial charge < -0.3 is 18.0 Å². The molecule has 1 unspecified atom stereocenters. The van der Waals surface area contributed by atoms with Crippen molar-refractivity contribution in [3.05, 3.63) is 0 Å². The molecule has 0 aromatic rings. The summed E-state index contributed by atoms with van der Waals surface area (Å²) in [6, 6.07) is 0.849. The third-order valence-corrected chi connectivity index (χ3v) is 6.45. The number of rotatable bonds is 12. The Morgan fingerprint density at radius 1 is 0.857 bits per heavy atom. The van der Waals surface area contributed by atoms with Gasteiger partial charge in [-0.05, 0) is 6.42 Å². The van der Waals surface area contributed by atoms with Crippen LogP contribution in [0.5, 0.6) is 0 Å². The first-order valence-corrected chi connectivity index (χ1v) is 10.1. The van der Waals surface area contributed by atoms with Crippen LogP contribution < -0.4 is 0 Å². The molecule has 0 aliphatic heterocycles. The highest BCUT2D eigenvalue weighted by Gasteiger charge is 2.43. The van der Waals surface area contributed by atoms with Gasteiger partial charge >= 0.3 is 8.80 Å². The Hall–Kier alpha value is 0.0569. The highest BCUT2D eigenvalue weighted by atomic mass is 28.4. The number of ether oxygens (including phenoxy) is 1. The number of hydrogen-bond donors (Lipinski definition) is 0. The van der Waals surface area contributed by atoms with Gasteiger partial charge in [0.05, 0.1) is 0 Å². The average Bonchev–Trinajstić information content (AvgIpc) is 2.45. The highest BCUT2D eigenvalue weighted by molar-refractivity contribution is 6.60. The Kier molecular flexibility index (Phi) is 10.8. The van der Waals surface area contributed by atoms with E-state index in [4.69, 9.17) is 18.0 Å². The summed E-state index contributed by atoms with van der Waals surface area (Å²) >= 11 is 0. The fraction of sp³-hybridized carbons (Fsp3) is 1.00. The quantitative estimate of drug-likeness (QED) is 0.299. The molecule has 0 saturated carbocycles. The molecule has 0 aliphatic carbocycles. The molecule has 0 saturated heterocycles. The van der Waals surface area contributed by atoms with E-state index in [0.717, 1.165) is 12.5 Å². The van der Waals surface area contributed by atoms with E-state index in [9.17, 15) is 0 Å². The lowest BCUT2D eigenvalue weighted by atomic mass is 9.96. The lowest BCUT2D eigenvalue weighted by molar-refractivity contribution is -0.151. The van der Waals surface area contributed by atoms with Gasteiger partial charge in [-0.15, -0.1) is 0 Å². The van der Waals surface area contributed by atoms with Crippen LogP contribution in [0.4, 0.5) is 0 Å². The van der Waals surface area contributed by atoms with Gasteiger partial charge in [0.2, 0.25) is 0 Å². The van der Waals surface area contributed by atoms with Crippen LogP contribution in [0.1, 0.15) is 66.2 Å². The van der Waals surface area contributed by atoms with Gasteiger partial charge in [-0.25, -0.2) is 0 Å². The number of hydrogen-bond acceptors (Lipinski definition) is 4. The zero-order valence-electron chi connectivity index (χ0n) is 15.2. The minimum atomic E-state index is -2.63. The van der Waals surface area contributed by atoms with E-state index in [-0.39, 0.29) is 11.7 Å². The molecule has 1 atom stereocenters. The maximum absolute atomic E-state index is 6.15. The van der Waals surface area contributed by atoms with E-state index in [1.54, 1.807) is 21.3 Å². The van der Waals surface area contributed by atoms with E-state index >= 15 is 0 Å². The van der Waals surface area contributed by atoms with Crippen molar-refractivity contribution in [3.63, 3.8) is 0 Å². The van der Waals surface area contributed by atoms with E-state index in [1.807, 2.05) is 0 Å². The predicted molar refractivity (Wildman–Crippen MR) is 89.3 cm³/mol. The summed E-state index contributed by atoms with van der Waals surface area (Å²) in [5.41, 5.74) is -0.106. The minimum absolute atomic E-state index is 0.106. The maximum atomic E-state index is 6.15. The van der Waals surface area contributed by atoms with Crippen molar-refractivity contribution in [3.8, 4) is 0 Å². The Morgan fingerprint density at radius 2 is 1.38 bits per heavy atom. The van der Waals surface area contributed by atoms with E-state index in [2.05, 4.69) is 27.7 Å². The van der Waals surface area contributed by atoms with Crippen LogP contribution in [0, 0.1) is 5.41 Å². The summed E-state index contributed by atoms with van der Waals surface area (Å²) in [6.07, 6.45) is 7.16. The Bertz CT molecular complexity index is 249. The molecule has 0 aromatic heterocycles. The second kappa shape index (κ2) is 10.7.